The molecule has 1 aliphatic rings. The van der Waals surface area contributed by atoms with Crippen LogP contribution in [0.1, 0.15) is 75.5 Å². The lowest BCUT2D eigenvalue weighted by atomic mass is 10.1. The van der Waals surface area contributed by atoms with E-state index in [-0.39, 0.29) is 49.1 Å². The minimum Gasteiger partial charge on any atom is -0.491 e. The largest absolute Gasteiger partial charge is 0.491 e. The Hall–Kier alpha value is -6.21. The number of carbonyl (C=O) groups excluding carboxylic acids is 4. The molecule has 0 saturated carbocycles. The van der Waals surface area contributed by atoms with Gasteiger partial charge in [0, 0.05) is 56.9 Å². The summed E-state index contributed by atoms with van der Waals surface area (Å²) in [6.07, 6.45) is 2.45. The Morgan fingerprint density at radius 2 is 1.71 bits per heavy atom. The molecule has 6 rings (SSSR count). The molecule has 0 aliphatic carbocycles. The van der Waals surface area contributed by atoms with Gasteiger partial charge in [0.2, 0.25) is 29.6 Å². The maximum atomic E-state index is 13.7. The number of amides is 4. The molecule has 10 N–H and O–H groups in total. The van der Waals surface area contributed by atoms with Crippen LogP contribution in [-0.2, 0) is 17.9 Å². The van der Waals surface area contributed by atoms with Gasteiger partial charge in [0.1, 0.15) is 17.0 Å². The van der Waals surface area contributed by atoms with Gasteiger partial charge in [-0.25, -0.2) is 9.97 Å². The van der Waals surface area contributed by atoms with Crippen molar-refractivity contribution in [1.29, 1.82) is 0 Å². The lowest BCUT2D eigenvalue weighted by molar-refractivity contribution is -0.120. The highest BCUT2D eigenvalue weighted by atomic mass is 16.5. The fraction of sp³-hybridized carbons (Fsp3) is 0.432. The van der Waals surface area contributed by atoms with Crippen LogP contribution in [0, 0.1) is 6.92 Å². The van der Waals surface area contributed by atoms with Gasteiger partial charge in [-0.3, -0.25) is 29.2 Å². The van der Waals surface area contributed by atoms with Gasteiger partial charge in [0.25, 0.3) is 5.91 Å². The van der Waals surface area contributed by atoms with Crippen molar-refractivity contribution in [3.8, 4) is 5.75 Å². The Morgan fingerprint density at radius 1 is 0.982 bits per heavy atom. The van der Waals surface area contributed by atoms with Gasteiger partial charge in [-0.15, -0.1) is 0 Å². The normalized spacial score (nSPS) is 13.9. The van der Waals surface area contributed by atoms with Crippen LogP contribution in [0.4, 0.5) is 17.6 Å². The second-order valence-electron chi connectivity index (χ2n) is 13.8. The maximum absolute atomic E-state index is 13.7. The van der Waals surface area contributed by atoms with E-state index in [1.807, 2.05) is 30.0 Å². The molecular weight excluding hydrogens is 722 g/mol. The van der Waals surface area contributed by atoms with Crippen molar-refractivity contribution < 1.29 is 29.0 Å². The Kier molecular flexibility index (Phi) is 12.0. The van der Waals surface area contributed by atoms with E-state index in [9.17, 15) is 19.2 Å². The molecule has 1 atom stereocenters. The van der Waals surface area contributed by atoms with Crippen LogP contribution in [0.5, 0.6) is 5.75 Å². The van der Waals surface area contributed by atoms with E-state index in [0.29, 0.717) is 97.9 Å². The van der Waals surface area contributed by atoms with E-state index in [0.717, 1.165) is 16.9 Å². The zero-order chi connectivity index (χ0) is 40.1. The Balaban J connectivity index is 1.26. The molecule has 4 amide bonds. The van der Waals surface area contributed by atoms with Crippen LogP contribution in [-0.4, -0.2) is 104 Å². The number of benzene rings is 2. The number of aryl methyl sites for hydroxylation is 3. The number of ether oxygens (including phenoxy) is 1. The number of nitrogens with zero attached hydrogens (tertiary/aromatic N) is 7. The highest BCUT2D eigenvalue weighted by molar-refractivity contribution is 6.05. The molecule has 3 aromatic heterocycles. The Morgan fingerprint density at radius 3 is 2.43 bits per heavy atom. The van der Waals surface area contributed by atoms with Crippen LogP contribution in [0.25, 0.3) is 22.1 Å². The maximum Gasteiger partial charge on any atom is 0.276 e. The summed E-state index contributed by atoms with van der Waals surface area (Å²) in [7, 11) is 1.95. The average molecular weight is 772 g/mol. The molecule has 0 fully saturated rings. The summed E-state index contributed by atoms with van der Waals surface area (Å²) in [6.45, 7) is 6.29. The summed E-state index contributed by atoms with van der Waals surface area (Å²) in [4.78, 5) is 61.7. The number of aliphatic hydroxyl groups is 1. The average Bonchev–Trinajstić information content (AvgIpc) is 3.80. The van der Waals surface area contributed by atoms with Crippen molar-refractivity contribution in [2.24, 2.45) is 11.5 Å². The van der Waals surface area contributed by atoms with E-state index in [1.54, 1.807) is 35.0 Å². The lowest BCUT2D eigenvalue weighted by Crippen LogP contribution is -2.35. The molecule has 298 valence electrons. The highest BCUT2D eigenvalue weighted by Crippen LogP contribution is 2.39. The number of imidazole rings is 2. The third kappa shape index (κ3) is 8.37. The van der Waals surface area contributed by atoms with Crippen LogP contribution in [0.15, 0.2) is 30.3 Å². The van der Waals surface area contributed by atoms with Gasteiger partial charge in [-0.1, -0.05) is 0 Å². The zero-order valence-corrected chi connectivity index (χ0v) is 31.8. The molecule has 0 bridgehead atoms. The van der Waals surface area contributed by atoms with E-state index in [4.69, 9.17) is 32.0 Å². The Labute approximate surface area is 322 Å². The van der Waals surface area contributed by atoms with Crippen molar-refractivity contribution in [3.05, 3.63) is 52.8 Å². The number of hydrogen-bond donors (Lipinski definition) is 7. The van der Waals surface area contributed by atoms with E-state index >= 15 is 0 Å². The van der Waals surface area contributed by atoms with E-state index < -0.39 is 11.8 Å². The Bertz CT molecular complexity index is 2280. The number of aliphatic hydroxyl groups excluding tert-OH is 1. The highest BCUT2D eigenvalue weighted by Gasteiger charge is 2.29. The smallest absolute Gasteiger partial charge is 0.276 e. The summed E-state index contributed by atoms with van der Waals surface area (Å²) in [5.74, 6) is -0.815. The molecule has 19 nitrogen and oxygen atoms in total. The number of nitrogens with two attached hydrogens (primary N) is 3. The van der Waals surface area contributed by atoms with Crippen LogP contribution >= 0.6 is 0 Å². The molecule has 5 aromatic rings. The van der Waals surface area contributed by atoms with E-state index in [2.05, 4.69) is 30.9 Å². The van der Waals surface area contributed by atoms with Gasteiger partial charge in [-0.05, 0) is 69.9 Å². The van der Waals surface area contributed by atoms with Crippen molar-refractivity contribution in [2.45, 2.75) is 58.7 Å². The fourth-order valence-electron chi connectivity index (χ4n) is 7.12. The molecule has 19 heteroatoms. The van der Waals surface area contributed by atoms with Gasteiger partial charge >= 0.3 is 0 Å². The molecule has 0 unspecified atom stereocenters. The zero-order valence-electron chi connectivity index (χ0n) is 31.8. The number of hydrogen-bond acceptors (Lipinski definition) is 12. The van der Waals surface area contributed by atoms with Gasteiger partial charge in [-0.2, -0.15) is 5.10 Å². The fourth-order valence-corrected chi connectivity index (χ4v) is 7.12. The first-order valence-electron chi connectivity index (χ1n) is 18.6. The molecule has 0 radical (unpaired) electrons. The van der Waals surface area contributed by atoms with Crippen LogP contribution < -0.4 is 42.8 Å². The third-order valence-electron chi connectivity index (χ3n) is 9.80. The molecular formula is C37H49N13O6. The monoisotopic (exact) mass is 771 g/mol. The number of fused-ring (bicyclic) bond motifs is 1. The van der Waals surface area contributed by atoms with E-state index in [1.165, 1.54) is 0 Å². The second kappa shape index (κ2) is 17.1. The number of aromatic nitrogens is 6. The number of nitrogens with one attached hydrogen (secondary N) is 3. The van der Waals surface area contributed by atoms with Crippen molar-refractivity contribution >= 4 is 63.3 Å². The number of primary amides is 2. The quantitative estimate of drug-likeness (QED) is 0.0621. The molecule has 1 aliphatic heterocycles. The number of rotatable bonds is 18. The van der Waals surface area contributed by atoms with Crippen molar-refractivity contribution in [1.82, 2.24) is 39.5 Å². The number of anilines is 3. The molecule has 4 heterocycles. The van der Waals surface area contributed by atoms with Gasteiger partial charge < -0.3 is 51.7 Å². The predicted octanol–water partition coefficient (Wildman–Crippen LogP) is 1.27. The summed E-state index contributed by atoms with van der Waals surface area (Å²) in [5, 5.41) is 22.0. The van der Waals surface area contributed by atoms with Gasteiger partial charge in [0.05, 0.1) is 47.7 Å². The predicted molar refractivity (Wildman–Crippen MR) is 211 cm³/mol. The minimum absolute atomic E-state index is 0.0595. The second-order valence-corrected chi connectivity index (χ2v) is 13.8. The number of nitrogen functional groups attached to an aromatic ring is 1. The topological polar surface area (TPSA) is 269 Å². The molecule has 0 spiro atoms. The lowest BCUT2D eigenvalue weighted by Gasteiger charge is -2.21. The summed E-state index contributed by atoms with van der Waals surface area (Å²) in [5.41, 5.74) is 22.6. The molecule has 0 saturated heterocycles. The molecule has 56 heavy (non-hydrogen) atoms. The van der Waals surface area contributed by atoms with Crippen LogP contribution in [0.3, 0.4) is 0 Å². The number of carbonyl (C=O) groups is 4. The first-order valence-corrected chi connectivity index (χ1v) is 18.6. The standard InChI is InChI=1S/C37H49N13O6/c1-4-49-28(15-21(2)46-49)35(55)45-37-44-25-16-22(33(38)53)18-27-31(25)50(37)24(8-12-47(27)3)7-5-11-48-32-26(43-36(48)40)17-23(34(39)54)19-29(32)56-14-6-9-42-30(52)20-41-10-13-51/h15-19,24,41,51H,4-14,20H2,1-3H3,(H2,38,53)(H2,39,54)(H2,40,43)(H,42,52)(H,44,45,55)/t24-/m0/s1. The van der Waals surface area contributed by atoms with Crippen molar-refractivity contribution in [3.63, 3.8) is 0 Å². The van der Waals surface area contributed by atoms with Gasteiger partial charge in [0.15, 0.2) is 0 Å². The first-order chi connectivity index (χ1) is 26.9. The summed E-state index contributed by atoms with van der Waals surface area (Å²) in [6, 6.07) is 8.16. The first kappa shape index (κ1) is 39.5. The van der Waals surface area contributed by atoms with Crippen LogP contribution in [0.2, 0.25) is 0 Å². The molecule has 2 aromatic carbocycles. The third-order valence-corrected chi connectivity index (χ3v) is 9.80. The van der Waals surface area contributed by atoms with Crippen molar-refractivity contribution in [2.75, 3.05) is 62.4 Å². The summed E-state index contributed by atoms with van der Waals surface area (Å²) >= 11 is 0. The summed E-state index contributed by atoms with van der Waals surface area (Å²) < 4.78 is 11.7. The SMILES string of the molecule is CCn1nc(C)cc1C(=O)Nc1nc2cc(C(N)=O)cc3c2n1[C@@H](CCCn1c(N)nc2cc(C(N)=O)cc(OCCCNC(=O)CNCCO)c21)CCN3C. The minimum atomic E-state index is -0.641.